The van der Waals surface area contributed by atoms with Gasteiger partial charge < -0.3 is 5.32 Å². The summed E-state index contributed by atoms with van der Waals surface area (Å²) in [6.07, 6.45) is 2.75. The van der Waals surface area contributed by atoms with Crippen LogP contribution in [0, 0.1) is 0 Å². The maximum atomic E-state index is 12.5. The molecule has 27 heavy (non-hydrogen) atoms. The molecule has 0 saturated carbocycles. The van der Waals surface area contributed by atoms with Crippen LogP contribution in [0.3, 0.4) is 0 Å². The highest BCUT2D eigenvalue weighted by atomic mass is 32.1. The lowest BCUT2D eigenvalue weighted by Crippen LogP contribution is -2.35. The molecule has 2 heterocycles. The second kappa shape index (κ2) is 8.95. The molecule has 2 aromatic rings. The number of likely N-dealkylation sites (tertiary alicyclic amines) is 1. The van der Waals surface area contributed by atoms with Gasteiger partial charge in [0.15, 0.2) is 0 Å². The van der Waals surface area contributed by atoms with Crippen LogP contribution in [-0.2, 0) is 20.8 Å². The average Bonchev–Trinajstić information content (AvgIpc) is 3.30. The van der Waals surface area contributed by atoms with E-state index in [0.29, 0.717) is 0 Å². The molecular weight excluding hydrogens is 360 g/mol. The van der Waals surface area contributed by atoms with Gasteiger partial charge in [-0.1, -0.05) is 43.7 Å². The number of rotatable bonds is 8. The van der Waals surface area contributed by atoms with Crippen molar-refractivity contribution in [3.63, 3.8) is 0 Å². The first kappa shape index (κ1) is 19.3. The highest BCUT2D eigenvalue weighted by Crippen LogP contribution is 2.26. The molecule has 142 valence electrons. The van der Waals surface area contributed by atoms with Gasteiger partial charge in [-0.15, -0.1) is 11.3 Å². The Hall–Kier alpha value is -2.47. The van der Waals surface area contributed by atoms with Crippen molar-refractivity contribution in [1.82, 2.24) is 10.2 Å². The molecule has 3 rings (SSSR count). The number of aryl methyl sites for hydroxylation is 1. The zero-order valence-corrected chi connectivity index (χ0v) is 16.3. The van der Waals surface area contributed by atoms with Crippen LogP contribution in [0.5, 0.6) is 0 Å². The lowest BCUT2D eigenvalue weighted by Gasteiger charge is -2.20. The second-order valence-electron chi connectivity index (χ2n) is 6.70. The van der Waals surface area contributed by atoms with Crippen LogP contribution in [-0.4, -0.2) is 29.2 Å². The first-order valence-electron chi connectivity index (χ1n) is 9.33. The van der Waals surface area contributed by atoms with E-state index in [1.807, 2.05) is 17.5 Å². The smallest absolute Gasteiger partial charge is 0.229 e. The lowest BCUT2D eigenvalue weighted by molar-refractivity contribution is -0.138. The van der Waals surface area contributed by atoms with Crippen molar-refractivity contribution in [2.45, 2.75) is 45.1 Å². The van der Waals surface area contributed by atoms with Gasteiger partial charge in [0.2, 0.25) is 17.7 Å². The average molecular weight is 385 g/mol. The number of amides is 3. The van der Waals surface area contributed by atoms with Gasteiger partial charge in [-0.2, -0.15) is 0 Å². The summed E-state index contributed by atoms with van der Waals surface area (Å²) in [7, 11) is 0. The predicted octanol–water partition coefficient (Wildman–Crippen LogP) is 3.45. The molecule has 1 aromatic carbocycles. The molecule has 1 aliphatic heterocycles. The van der Waals surface area contributed by atoms with E-state index in [0.717, 1.165) is 23.3 Å². The van der Waals surface area contributed by atoms with Crippen molar-refractivity contribution in [3.05, 3.63) is 57.8 Å². The number of benzene rings is 1. The summed E-state index contributed by atoms with van der Waals surface area (Å²) < 4.78 is 0. The van der Waals surface area contributed by atoms with Gasteiger partial charge in [0, 0.05) is 30.7 Å². The van der Waals surface area contributed by atoms with Gasteiger partial charge in [0.05, 0.1) is 6.04 Å². The summed E-state index contributed by atoms with van der Waals surface area (Å²) in [5.74, 6) is -0.540. The standard InChI is InChI=1S/C21H24N2O3S/c1-2-4-15-6-8-16(9-7-15)21(17-5-3-14-27-17)22-18(24)12-13-23-19(25)10-11-20(23)26/h3,5-9,14,21H,2,4,10-13H2,1H3,(H,22,24). The zero-order chi connectivity index (χ0) is 19.2. The van der Waals surface area contributed by atoms with Gasteiger partial charge >= 0.3 is 0 Å². The third-order valence-corrected chi connectivity index (χ3v) is 5.64. The van der Waals surface area contributed by atoms with Gasteiger partial charge in [0.25, 0.3) is 0 Å². The Morgan fingerprint density at radius 1 is 1.15 bits per heavy atom. The number of nitrogens with one attached hydrogen (secondary N) is 1. The molecular formula is C21H24N2O3S. The van der Waals surface area contributed by atoms with Crippen LogP contribution in [0.2, 0.25) is 0 Å². The molecule has 1 N–H and O–H groups in total. The molecule has 3 amide bonds. The quantitative estimate of drug-likeness (QED) is 0.709. The molecule has 1 saturated heterocycles. The molecule has 0 radical (unpaired) electrons. The summed E-state index contributed by atoms with van der Waals surface area (Å²) >= 11 is 1.59. The molecule has 6 heteroatoms. The largest absolute Gasteiger partial charge is 0.344 e. The fourth-order valence-corrected chi connectivity index (χ4v) is 4.06. The van der Waals surface area contributed by atoms with Crippen LogP contribution in [0.4, 0.5) is 0 Å². The zero-order valence-electron chi connectivity index (χ0n) is 15.4. The maximum Gasteiger partial charge on any atom is 0.229 e. The van der Waals surface area contributed by atoms with Crippen molar-refractivity contribution in [2.24, 2.45) is 0 Å². The summed E-state index contributed by atoms with van der Waals surface area (Å²) in [4.78, 5) is 38.1. The molecule has 1 aliphatic rings. The van der Waals surface area contributed by atoms with E-state index in [4.69, 9.17) is 0 Å². The number of thiophene rings is 1. The SMILES string of the molecule is CCCc1ccc(C(NC(=O)CCN2C(=O)CCC2=O)c2cccs2)cc1. The number of nitrogens with zero attached hydrogens (tertiary/aromatic N) is 1. The number of imide groups is 1. The first-order chi connectivity index (χ1) is 13.1. The molecule has 1 fully saturated rings. The van der Waals surface area contributed by atoms with Crippen LogP contribution in [0.1, 0.15) is 54.7 Å². The topological polar surface area (TPSA) is 66.5 Å². The summed E-state index contributed by atoms with van der Waals surface area (Å²) in [6, 6.07) is 12.1. The first-order valence-corrected chi connectivity index (χ1v) is 10.2. The maximum absolute atomic E-state index is 12.5. The van der Waals surface area contributed by atoms with Crippen molar-refractivity contribution in [2.75, 3.05) is 6.54 Å². The Bertz CT molecular complexity index is 783. The molecule has 0 aliphatic carbocycles. The molecule has 0 spiro atoms. The fraction of sp³-hybridized carbons (Fsp3) is 0.381. The molecule has 1 atom stereocenters. The number of carbonyl (C=O) groups is 3. The summed E-state index contributed by atoms with van der Waals surface area (Å²) in [5, 5.41) is 5.05. The van der Waals surface area contributed by atoms with E-state index in [-0.39, 0.29) is 49.6 Å². The summed E-state index contributed by atoms with van der Waals surface area (Å²) in [6.45, 7) is 2.30. The van der Waals surface area contributed by atoms with E-state index >= 15 is 0 Å². The van der Waals surface area contributed by atoms with E-state index in [1.165, 1.54) is 10.5 Å². The van der Waals surface area contributed by atoms with Crippen LogP contribution < -0.4 is 5.32 Å². The van der Waals surface area contributed by atoms with E-state index in [2.05, 4.69) is 36.5 Å². The molecule has 5 nitrogen and oxygen atoms in total. The van der Waals surface area contributed by atoms with Gasteiger partial charge in [-0.05, 0) is 29.0 Å². The third-order valence-electron chi connectivity index (χ3n) is 4.70. The van der Waals surface area contributed by atoms with Crippen molar-refractivity contribution >= 4 is 29.1 Å². The lowest BCUT2D eigenvalue weighted by atomic mass is 10.0. The second-order valence-corrected chi connectivity index (χ2v) is 7.68. The van der Waals surface area contributed by atoms with Gasteiger partial charge in [-0.25, -0.2) is 0 Å². The van der Waals surface area contributed by atoms with E-state index in [1.54, 1.807) is 11.3 Å². The van der Waals surface area contributed by atoms with Crippen molar-refractivity contribution in [3.8, 4) is 0 Å². The number of carbonyl (C=O) groups excluding carboxylic acids is 3. The van der Waals surface area contributed by atoms with Gasteiger partial charge in [0.1, 0.15) is 0 Å². The highest BCUT2D eigenvalue weighted by Gasteiger charge is 2.29. The van der Waals surface area contributed by atoms with Gasteiger partial charge in [-0.3, -0.25) is 19.3 Å². The predicted molar refractivity (Wildman–Crippen MR) is 105 cm³/mol. The Kier molecular flexibility index (Phi) is 6.40. The molecule has 0 bridgehead atoms. The normalized spacial score (nSPS) is 15.2. The van der Waals surface area contributed by atoms with Crippen molar-refractivity contribution in [1.29, 1.82) is 0 Å². The van der Waals surface area contributed by atoms with Crippen LogP contribution >= 0.6 is 11.3 Å². The van der Waals surface area contributed by atoms with Crippen LogP contribution in [0.25, 0.3) is 0 Å². The minimum absolute atomic E-state index is 0.118. The van der Waals surface area contributed by atoms with Crippen LogP contribution in [0.15, 0.2) is 41.8 Å². The highest BCUT2D eigenvalue weighted by molar-refractivity contribution is 7.10. The third kappa shape index (κ3) is 4.83. The monoisotopic (exact) mass is 384 g/mol. The minimum Gasteiger partial charge on any atom is -0.344 e. The molecule has 1 unspecified atom stereocenters. The Balaban J connectivity index is 1.67. The van der Waals surface area contributed by atoms with Crippen molar-refractivity contribution < 1.29 is 14.4 Å². The fourth-order valence-electron chi connectivity index (χ4n) is 3.26. The minimum atomic E-state index is -0.224. The Morgan fingerprint density at radius 3 is 2.44 bits per heavy atom. The number of hydrogen-bond donors (Lipinski definition) is 1. The Morgan fingerprint density at radius 2 is 1.85 bits per heavy atom. The number of hydrogen-bond acceptors (Lipinski definition) is 4. The van der Waals surface area contributed by atoms with E-state index in [9.17, 15) is 14.4 Å². The Labute approximate surface area is 163 Å². The summed E-state index contributed by atoms with van der Waals surface area (Å²) in [5.41, 5.74) is 2.31. The van der Waals surface area contributed by atoms with E-state index < -0.39 is 0 Å². The molecule has 1 aromatic heterocycles.